The van der Waals surface area contributed by atoms with Gasteiger partial charge in [-0.05, 0) is 55.5 Å². The maximum Gasteiger partial charge on any atom is 0.254 e. The van der Waals surface area contributed by atoms with Gasteiger partial charge in [-0.15, -0.1) is 0 Å². The van der Waals surface area contributed by atoms with Gasteiger partial charge in [-0.3, -0.25) is 14.4 Å². The smallest absolute Gasteiger partial charge is 0.254 e. The molecule has 2 aliphatic rings. The molecule has 0 bridgehead atoms. The van der Waals surface area contributed by atoms with Crippen LogP contribution in [0.1, 0.15) is 42.1 Å². The number of nitrogens with zero attached hydrogens (tertiary/aromatic N) is 1. The average molecular weight is 386 g/mol. The number of hydrogen-bond donors (Lipinski definition) is 3. The Kier molecular flexibility index (Phi) is 7.03. The highest BCUT2D eigenvalue weighted by atomic mass is 16.2. The zero-order valence-corrected chi connectivity index (χ0v) is 16.5. The summed E-state index contributed by atoms with van der Waals surface area (Å²) in [5, 5.41) is 9.05. The van der Waals surface area contributed by atoms with Crippen molar-refractivity contribution in [2.75, 3.05) is 32.7 Å². The van der Waals surface area contributed by atoms with Gasteiger partial charge < -0.3 is 20.9 Å². The third kappa shape index (κ3) is 5.55. The maximum atomic E-state index is 12.5. The van der Waals surface area contributed by atoms with Crippen LogP contribution in [0.3, 0.4) is 0 Å². The van der Waals surface area contributed by atoms with Gasteiger partial charge in [0.1, 0.15) is 0 Å². The van der Waals surface area contributed by atoms with Crippen LogP contribution in [-0.2, 0) is 16.1 Å². The molecule has 3 rings (SSSR count). The second-order valence-corrected chi connectivity index (χ2v) is 7.82. The largest absolute Gasteiger partial charge is 0.353 e. The number of carbonyl (C=O) groups excluding carboxylic acids is 3. The number of piperidine rings is 1. The van der Waals surface area contributed by atoms with Crippen LogP contribution in [-0.4, -0.2) is 55.3 Å². The second kappa shape index (κ2) is 9.68. The lowest BCUT2D eigenvalue weighted by Crippen LogP contribution is -2.49. The predicted octanol–water partition coefficient (Wildman–Crippen LogP) is 0.901. The normalized spacial score (nSPS) is 19.0. The molecule has 152 valence electrons. The van der Waals surface area contributed by atoms with E-state index in [0.29, 0.717) is 43.5 Å². The minimum atomic E-state index is -0.138. The van der Waals surface area contributed by atoms with Crippen molar-refractivity contribution in [3.8, 4) is 0 Å². The molecule has 3 amide bonds. The lowest BCUT2D eigenvalue weighted by molar-refractivity contribution is -0.123. The summed E-state index contributed by atoms with van der Waals surface area (Å²) < 4.78 is 0. The Labute approximate surface area is 166 Å². The van der Waals surface area contributed by atoms with E-state index in [4.69, 9.17) is 0 Å². The van der Waals surface area contributed by atoms with Crippen molar-refractivity contribution in [2.45, 2.75) is 32.7 Å². The molecule has 1 aromatic carbocycles. The van der Waals surface area contributed by atoms with Crippen LogP contribution in [0.2, 0.25) is 0 Å². The lowest BCUT2D eigenvalue weighted by atomic mass is 9.84. The van der Waals surface area contributed by atoms with E-state index in [0.717, 1.165) is 31.5 Å². The summed E-state index contributed by atoms with van der Waals surface area (Å²) in [5.41, 5.74) is 1.51. The third-order valence-corrected chi connectivity index (χ3v) is 5.71. The Bertz CT molecular complexity index is 698. The summed E-state index contributed by atoms with van der Waals surface area (Å²) in [5.74, 6) is 0.822. The number of hydrogen-bond acceptors (Lipinski definition) is 4. The first kappa shape index (κ1) is 20.3. The third-order valence-electron chi connectivity index (χ3n) is 5.71. The van der Waals surface area contributed by atoms with Crippen LogP contribution in [0.15, 0.2) is 24.3 Å². The number of piperazine rings is 1. The molecule has 28 heavy (non-hydrogen) atoms. The van der Waals surface area contributed by atoms with E-state index in [1.165, 1.54) is 0 Å². The molecule has 2 heterocycles. The van der Waals surface area contributed by atoms with Gasteiger partial charge in [-0.25, -0.2) is 0 Å². The van der Waals surface area contributed by atoms with Gasteiger partial charge in [0.15, 0.2) is 0 Å². The minimum Gasteiger partial charge on any atom is -0.353 e. The molecule has 1 unspecified atom stereocenters. The molecule has 2 fully saturated rings. The highest BCUT2D eigenvalue weighted by Crippen LogP contribution is 2.24. The zero-order chi connectivity index (χ0) is 19.9. The average Bonchev–Trinajstić information content (AvgIpc) is 2.72. The van der Waals surface area contributed by atoms with Crippen molar-refractivity contribution in [1.82, 2.24) is 20.9 Å². The van der Waals surface area contributed by atoms with E-state index >= 15 is 0 Å². The fraction of sp³-hybridized carbons (Fsp3) is 0.571. The molecule has 0 spiro atoms. The quantitative estimate of drug-likeness (QED) is 0.678. The highest BCUT2D eigenvalue weighted by Gasteiger charge is 2.23. The SMILES string of the molecule is CC(CC(=O)NCc1ccc(C(=O)N2CCNC(=O)C2)cc1)C1CCNCC1. The molecule has 7 heteroatoms. The maximum absolute atomic E-state index is 12.5. The second-order valence-electron chi connectivity index (χ2n) is 7.82. The van der Waals surface area contributed by atoms with Gasteiger partial charge in [-0.2, -0.15) is 0 Å². The number of rotatable bonds is 6. The first-order valence-electron chi connectivity index (χ1n) is 10.2. The van der Waals surface area contributed by atoms with Crippen molar-refractivity contribution < 1.29 is 14.4 Å². The van der Waals surface area contributed by atoms with E-state index in [2.05, 4.69) is 22.9 Å². The highest BCUT2D eigenvalue weighted by molar-refractivity contribution is 5.97. The summed E-state index contributed by atoms with van der Waals surface area (Å²) in [4.78, 5) is 37.7. The van der Waals surface area contributed by atoms with Crippen LogP contribution in [0.25, 0.3) is 0 Å². The van der Waals surface area contributed by atoms with Gasteiger partial charge in [0.05, 0.1) is 6.54 Å². The molecule has 1 aromatic rings. The molecule has 0 aromatic heterocycles. The van der Waals surface area contributed by atoms with Gasteiger partial charge >= 0.3 is 0 Å². The van der Waals surface area contributed by atoms with Crippen LogP contribution < -0.4 is 16.0 Å². The van der Waals surface area contributed by atoms with Crippen molar-refractivity contribution in [3.63, 3.8) is 0 Å². The van der Waals surface area contributed by atoms with Gasteiger partial charge in [0.2, 0.25) is 11.8 Å². The van der Waals surface area contributed by atoms with Gasteiger partial charge in [-0.1, -0.05) is 19.1 Å². The molecule has 2 aliphatic heterocycles. The van der Waals surface area contributed by atoms with E-state index in [-0.39, 0.29) is 24.3 Å². The molecule has 0 aliphatic carbocycles. The molecule has 3 N–H and O–H groups in total. The summed E-state index contributed by atoms with van der Waals surface area (Å²) >= 11 is 0. The van der Waals surface area contributed by atoms with Gasteiger partial charge in [0.25, 0.3) is 5.91 Å². The summed E-state index contributed by atoms with van der Waals surface area (Å²) in [6.07, 6.45) is 2.84. The van der Waals surface area contributed by atoms with Crippen molar-refractivity contribution in [3.05, 3.63) is 35.4 Å². The van der Waals surface area contributed by atoms with Gasteiger partial charge in [0, 0.05) is 31.6 Å². The van der Waals surface area contributed by atoms with Crippen LogP contribution in [0, 0.1) is 11.8 Å². The van der Waals surface area contributed by atoms with Crippen molar-refractivity contribution >= 4 is 17.7 Å². The summed E-state index contributed by atoms with van der Waals surface area (Å²) in [7, 11) is 0. The molecular formula is C21H30N4O3. The van der Waals surface area contributed by atoms with Crippen LogP contribution >= 0.6 is 0 Å². The Morgan fingerprint density at radius 3 is 2.57 bits per heavy atom. The number of benzene rings is 1. The first-order chi connectivity index (χ1) is 13.5. The molecule has 0 saturated carbocycles. The van der Waals surface area contributed by atoms with Crippen molar-refractivity contribution in [2.24, 2.45) is 11.8 Å². The summed E-state index contributed by atoms with van der Waals surface area (Å²) in [6, 6.07) is 7.23. The standard InChI is InChI=1S/C21H30N4O3/c1-15(17-6-8-22-9-7-17)12-19(26)24-13-16-2-4-18(5-3-16)21(28)25-11-10-23-20(27)14-25/h2-5,15,17,22H,6-14H2,1H3,(H,23,27)(H,24,26). The monoisotopic (exact) mass is 386 g/mol. The number of nitrogens with one attached hydrogen (secondary N) is 3. The van der Waals surface area contributed by atoms with Crippen molar-refractivity contribution in [1.29, 1.82) is 0 Å². The Morgan fingerprint density at radius 1 is 1.18 bits per heavy atom. The lowest BCUT2D eigenvalue weighted by Gasteiger charge is -2.27. The topological polar surface area (TPSA) is 90.5 Å². The number of carbonyl (C=O) groups is 3. The number of amides is 3. The molecule has 1 atom stereocenters. The molecular weight excluding hydrogens is 356 g/mol. The Balaban J connectivity index is 1.45. The van der Waals surface area contributed by atoms with E-state index in [1.807, 2.05) is 12.1 Å². The molecule has 0 radical (unpaired) electrons. The summed E-state index contributed by atoms with van der Waals surface area (Å²) in [6.45, 7) is 5.83. The van der Waals surface area contributed by atoms with E-state index in [1.54, 1.807) is 17.0 Å². The Hall–Kier alpha value is -2.41. The minimum absolute atomic E-state index is 0.0746. The zero-order valence-electron chi connectivity index (χ0n) is 16.5. The van der Waals surface area contributed by atoms with Crippen LogP contribution in [0.4, 0.5) is 0 Å². The fourth-order valence-corrected chi connectivity index (χ4v) is 3.90. The molecule has 7 nitrogen and oxygen atoms in total. The fourth-order valence-electron chi connectivity index (χ4n) is 3.90. The van der Waals surface area contributed by atoms with E-state index in [9.17, 15) is 14.4 Å². The predicted molar refractivity (Wildman–Crippen MR) is 107 cm³/mol. The van der Waals surface area contributed by atoms with Crippen LogP contribution in [0.5, 0.6) is 0 Å². The van der Waals surface area contributed by atoms with E-state index < -0.39 is 0 Å². The first-order valence-corrected chi connectivity index (χ1v) is 10.2. The Morgan fingerprint density at radius 2 is 1.89 bits per heavy atom. The molecule has 2 saturated heterocycles.